The summed E-state index contributed by atoms with van der Waals surface area (Å²) in [4.78, 5) is 0. The number of hydrogen-bond acceptors (Lipinski definition) is 3. The average molecular weight is 245 g/mol. The van der Waals surface area contributed by atoms with E-state index in [4.69, 9.17) is 4.74 Å². The van der Waals surface area contributed by atoms with Crippen LogP contribution in [0.3, 0.4) is 0 Å². The van der Waals surface area contributed by atoms with Crippen LogP contribution in [0.4, 0.5) is 5.69 Å². The normalized spacial score (nSPS) is 10.3. The van der Waals surface area contributed by atoms with Crippen LogP contribution in [0.25, 0.3) is 0 Å². The summed E-state index contributed by atoms with van der Waals surface area (Å²) in [6, 6.07) is 10.1. The lowest BCUT2D eigenvalue weighted by Gasteiger charge is -2.06. The van der Waals surface area contributed by atoms with Gasteiger partial charge >= 0.3 is 0 Å². The van der Waals surface area contributed by atoms with Gasteiger partial charge in [-0.15, -0.1) is 0 Å². The molecule has 4 heteroatoms. The van der Waals surface area contributed by atoms with Crippen LogP contribution < -0.4 is 10.1 Å². The number of anilines is 1. The molecule has 1 aromatic carbocycles. The first-order chi connectivity index (χ1) is 8.88. The fourth-order valence-electron chi connectivity index (χ4n) is 1.69. The van der Waals surface area contributed by atoms with Crippen LogP contribution in [0.5, 0.6) is 5.75 Å². The van der Waals surface area contributed by atoms with Gasteiger partial charge in [-0.25, -0.2) is 0 Å². The zero-order valence-electron chi connectivity index (χ0n) is 10.7. The van der Waals surface area contributed by atoms with Gasteiger partial charge < -0.3 is 10.1 Å². The lowest BCUT2D eigenvalue weighted by molar-refractivity contribution is 0.332. The number of para-hydroxylation sites is 1. The van der Waals surface area contributed by atoms with Gasteiger partial charge in [0, 0.05) is 18.8 Å². The fourth-order valence-corrected chi connectivity index (χ4v) is 1.69. The molecule has 18 heavy (non-hydrogen) atoms. The molecular weight excluding hydrogens is 226 g/mol. The van der Waals surface area contributed by atoms with E-state index in [0.717, 1.165) is 30.9 Å². The van der Waals surface area contributed by atoms with Crippen molar-refractivity contribution in [1.29, 1.82) is 0 Å². The lowest BCUT2D eigenvalue weighted by atomic mass is 10.3. The maximum Gasteiger partial charge on any atom is 0.157 e. The Morgan fingerprint density at radius 3 is 2.89 bits per heavy atom. The number of rotatable bonds is 7. The second-order valence-corrected chi connectivity index (χ2v) is 4.08. The van der Waals surface area contributed by atoms with E-state index in [1.807, 2.05) is 41.2 Å². The predicted molar refractivity (Wildman–Crippen MR) is 72.9 cm³/mol. The number of benzene rings is 1. The van der Waals surface area contributed by atoms with Crippen molar-refractivity contribution in [2.45, 2.75) is 19.9 Å². The molecule has 0 spiro atoms. The molecule has 2 aromatic rings. The molecule has 0 atom stereocenters. The minimum absolute atomic E-state index is 0.632. The van der Waals surface area contributed by atoms with Crippen molar-refractivity contribution < 1.29 is 4.74 Å². The van der Waals surface area contributed by atoms with E-state index in [-0.39, 0.29) is 0 Å². The van der Waals surface area contributed by atoms with Gasteiger partial charge in [-0.05, 0) is 18.6 Å². The van der Waals surface area contributed by atoms with E-state index in [0.29, 0.717) is 6.61 Å². The quantitative estimate of drug-likeness (QED) is 0.762. The molecule has 96 valence electrons. The summed E-state index contributed by atoms with van der Waals surface area (Å²) < 4.78 is 7.51. The number of nitrogens with one attached hydrogen (secondary N) is 1. The van der Waals surface area contributed by atoms with Crippen LogP contribution >= 0.6 is 0 Å². The first-order valence-corrected chi connectivity index (χ1v) is 6.32. The molecule has 1 heterocycles. The van der Waals surface area contributed by atoms with Crippen molar-refractivity contribution in [3.63, 3.8) is 0 Å². The number of nitrogens with zero attached hydrogens (tertiary/aromatic N) is 2. The number of hydrogen-bond donors (Lipinski definition) is 1. The van der Waals surface area contributed by atoms with Crippen molar-refractivity contribution in [1.82, 2.24) is 9.78 Å². The molecule has 0 radical (unpaired) electrons. The van der Waals surface area contributed by atoms with Crippen LogP contribution in [0.1, 0.15) is 13.3 Å². The smallest absolute Gasteiger partial charge is 0.157 e. The standard InChI is InChI=1S/C14H19N3O/c1-2-9-17-12-14(11-16-17)18-10-8-15-13-6-4-3-5-7-13/h3-7,11-12,15H,2,8-10H2,1H3. The summed E-state index contributed by atoms with van der Waals surface area (Å²) in [6.07, 6.45) is 4.78. The van der Waals surface area contributed by atoms with Crippen LogP contribution in [-0.4, -0.2) is 22.9 Å². The molecule has 1 N–H and O–H groups in total. The van der Waals surface area contributed by atoms with E-state index in [9.17, 15) is 0 Å². The molecule has 0 aliphatic heterocycles. The summed E-state index contributed by atoms with van der Waals surface area (Å²) in [6.45, 7) is 4.48. The summed E-state index contributed by atoms with van der Waals surface area (Å²) in [5.41, 5.74) is 1.11. The van der Waals surface area contributed by atoms with Crippen molar-refractivity contribution >= 4 is 5.69 Å². The Morgan fingerprint density at radius 1 is 1.28 bits per heavy atom. The van der Waals surface area contributed by atoms with Gasteiger partial charge in [-0.1, -0.05) is 25.1 Å². The fraction of sp³-hybridized carbons (Fsp3) is 0.357. The molecular formula is C14H19N3O. The van der Waals surface area contributed by atoms with E-state index >= 15 is 0 Å². The van der Waals surface area contributed by atoms with Crippen molar-refractivity contribution in [3.8, 4) is 5.75 Å². The summed E-state index contributed by atoms with van der Waals surface area (Å²) in [7, 11) is 0. The Hall–Kier alpha value is -1.97. The average Bonchev–Trinajstić information content (AvgIpc) is 2.84. The molecule has 2 rings (SSSR count). The lowest BCUT2D eigenvalue weighted by Crippen LogP contribution is -2.11. The highest BCUT2D eigenvalue weighted by Gasteiger charge is 1.98. The van der Waals surface area contributed by atoms with E-state index < -0.39 is 0 Å². The van der Waals surface area contributed by atoms with Crippen molar-refractivity contribution in [3.05, 3.63) is 42.7 Å². The van der Waals surface area contributed by atoms with Gasteiger partial charge in [0.15, 0.2) is 5.75 Å². The first-order valence-electron chi connectivity index (χ1n) is 6.32. The highest BCUT2D eigenvalue weighted by atomic mass is 16.5. The number of aromatic nitrogens is 2. The van der Waals surface area contributed by atoms with Crippen LogP contribution in [0.15, 0.2) is 42.7 Å². The minimum atomic E-state index is 0.632. The Balaban J connectivity index is 1.68. The topological polar surface area (TPSA) is 39.1 Å². The van der Waals surface area contributed by atoms with Gasteiger partial charge in [0.05, 0.1) is 12.4 Å². The summed E-state index contributed by atoms with van der Waals surface area (Å²) in [5, 5.41) is 7.51. The maximum atomic E-state index is 5.61. The van der Waals surface area contributed by atoms with Gasteiger partial charge in [-0.2, -0.15) is 5.10 Å². The molecule has 0 aliphatic rings. The van der Waals surface area contributed by atoms with Crippen molar-refractivity contribution in [2.75, 3.05) is 18.5 Å². The third-order valence-corrected chi connectivity index (χ3v) is 2.54. The monoisotopic (exact) mass is 245 g/mol. The zero-order valence-corrected chi connectivity index (χ0v) is 10.7. The highest BCUT2D eigenvalue weighted by molar-refractivity contribution is 5.42. The Kier molecular flexibility index (Phi) is 4.64. The maximum absolute atomic E-state index is 5.61. The molecule has 0 aliphatic carbocycles. The molecule has 4 nitrogen and oxygen atoms in total. The third-order valence-electron chi connectivity index (χ3n) is 2.54. The molecule has 0 amide bonds. The van der Waals surface area contributed by atoms with Gasteiger partial charge in [0.1, 0.15) is 6.61 Å². The zero-order chi connectivity index (χ0) is 12.6. The van der Waals surface area contributed by atoms with E-state index in [1.54, 1.807) is 6.20 Å². The minimum Gasteiger partial charge on any atom is -0.488 e. The van der Waals surface area contributed by atoms with Gasteiger partial charge in [0.25, 0.3) is 0 Å². The van der Waals surface area contributed by atoms with Crippen LogP contribution in [0.2, 0.25) is 0 Å². The van der Waals surface area contributed by atoms with Crippen LogP contribution in [-0.2, 0) is 6.54 Å². The second kappa shape index (κ2) is 6.69. The summed E-state index contributed by atoms with van der Waals surface area (Å²) in [5.74, 6) is 0.832. The molecule has 0 fully saturated rings. The van der Waals surface area contributed by atoms with Crippen LogP contribution in [0, 0.1) is 0 Å². The number of ether oxygens (including phenoxy) is 1. The Labute approximate surface area is 108 Å². The highest BCUT2D eigenvalue weighted by Crippen LogP contribution is 2.09. The number of aryl methyl sites for hydroxylation is 1. The molecule has 0 saturated heterocycles. The second-order valence-electron chi connectivity index (χ2n) is 4.08. The Morgan fingerprint density at radius 2 is 2.11 bits per heavy atom. The molecule has 0 bridgehead atoms. The Bertz CT molecular complexity index is 453. The predicted octanol–water partition coefficient (Wildman–Crippen LogP) is 2.78. The summed E-state index contributed by atoms with van der Waals surface area (Å²) >= 11 is 0. The largest absolute Gasteiger partial charge is 0.488 e. The molecule has 1 aromatic heterocycles. The van der Waals surface area contributed by atoms with E-state index in [1.165, 1.54) is 0 Å². The SMILES string of the molecule is CCCn1cc(OCCNc2ccccc2)cn1. The van der Waals surface area contributed by atoms with E-state index in [2.05, 4.69) is 17.3 Å². The molecule has 0 unspecified atom stereocenters. The van der Waals surface area contributed by atoms with Gasteiger partial charge in [0.2, 0.25) is 0 Å². The van der Waals surface area contributed by atoms with Gasteiger partial charge in [-0.3, -0.25) is 4.68 Å². The molecule has 0 saturated carbocycles. The first kappa shape index (κ1) is 12.5. The van der Waals surface area contributed by atoms with Crippen molar-refractivity contribution in [2.24, 2.45) is 0 Å². The third kappa shape index (κ3) is 3.80.